The van der Waals surface area contributed by atoms with Gasteiger partial charge in [0.15, 0.2) is 5.96 Å². The van der Waals surface area contributed by atoms with Crippen LogP contribution >= 0.6 is 15.9 Å². The minimum atomic E-state index is -0.214. The van der Waals surface area contributed by atoms with Gasteiger partial charge in [0.05, 0.1) is 13.0 Å². The third-order valence-electron chi connectivity index (χ3n) is 4.65. The van der Waals surface area contributed by atoms with Gasteiger partial charge in [0.1, 0.15) is 0 Å². The van der Waals surface area contributed by atoms with E-state index in [1.54, 1.807) is 7.05 Å². The smallest absolute Gasteiger partial charge is 0.310 e. The quantitative estimate of drug-likeness (QED) is 0.416. The summed E-state index contributed by atoms with van der Waals surface area (Å²) in [4.78, 5) is 18.2. The molecule has 0 spiro atoms. The molecule has 1 unspecified atom stereocenters. The molecule has 0 saturated carbocycles. The number of ether oxygens (including phenoxy) is 1. The number of halogens is 1. The Morgan fingerprint density at radius 2 is 2.00 bits per heavy atom. The van der Waals surface area contributed by atoms with Crippen molar-refractivity contribution in [2.75, 3.05) is 33.8 Å². The van der Waals surface area contributed by atoms with Crippen molar-refractivity contribution in [1.82, 2.24) is 15.5 Å². The predicted octanol–water partition coefficient (Wildman–Crippen LogP) is 2.39. The third kappa shape index (κ3) is 6.61. The Kier molecular flexibility index (Phi) is 8.38. The topological polar surface area (TPSA) is 66.0 Å². The van der Waals surface area contributed by atoms with Crippen LogP contribution in [0.5, 0.6) is 0 Å². The number of carbonyl (C=O) groups excluding carboxylic acids is 1. The van der Waals surface area contributed by atoms with Crippen LogP contribution in [-0.4, -0.2) is 56.7 Å². The van der Waals surface area contributed by atoms with E-state index < -0.39 is 0 Å². The first-order chi connectivity index (χ1) is 12.5. The van der Waals surface area contributed by atoms with Crippen LogP contribution in [0.1, 0.15) is 25.3 Å². The summed E-state index contributed by atoms with van der Waals surface area (Å²) in [6.45, 7) is 5.46. The van der Waals surface area contributed by atoms with E-state index in [1.165, 1.54) is 12.7 Å². The fraction of sp³-hybridized carbons (Fsp3) is 0.579. The standard InChI is InChI=1S/C19H29BrN4O2/c1-14(18(25)26-3)12-22-19(21-2)23-17-8-10-24(11-9-17)13-15-4-6-16(20)7-5-15/h4-7,14,17H,8-13H2,1-3H3,(H2,21,22,23). The molecule has 1 saturated heterocycles. The molecule has 26 heavy (non-hydrogen) atoms. The molecule has 2 rings (SSSR count). The first kappa shape index (κ1) is 20.7. The highest BCUT2D eigenvalue weighted by Gasteiger charge is 2.20. The number of carbonyl (C=O) groups is 1. The molecule has 144 valence electrons. The Bertz CT molecular complexity index is 598. The van der Waals surface area contributed by atoms with E-state index in [2.05, 4.69) is 60.7 Å². The maximum atomic E-state index is 11.5. The van der Waals surface area contributed by atoms with Crippen molar-refractivity contribution < 1.29 is 9.53 Å². The number of hydrogen-bond donors (Lipinski definition) is 2. The zero-order valence-electron chi connectivity index (χ0n) is 15.8. The highest BCUT2D eigenvalue weighted by atomic mass is 79.9. The normalized spacial score (nSPS) is 17.6. The van der Waals surface area contributed by atoms with E-state index in [1.807, 2.05) is 6.92 Å². The fourth-order valence-electron chi connectivity index (χ4n) is 3.01. The van der Waals surface area contributed by atoms with Gasteiger partial charge < -0.3 is 15.4 Å². The second-order valence-corrected chi connectivity index (χ2v) is 7.61. The molecule has 1 aromatic rings. The number of likely N-dealkylation sites (tertiary alicyclic amines) is 1. The zero-order chi connectivity index (χ0) is 18.9. The monoisotopic (exact) mass is 424 g/mol. The molecule has 1 heterocycles. The van der Waals surface area contributed by atoms with Crippen LogP contribution in [0.25, 0.3) is 0 Å². The van der Waals surface area contributed by atoms with Gasteiger partial charge in [0, 0.05) is 43.7 Å². The lowest BCUT2D eigenvalue weighted by Gasteiger charge is -2.33. The lowest BCUT2D eigenvalue weighted by molar-refractivity contribution is -0.144. The summed E-state index contributed by atoms with van der Waals surface area (Å²) in [6.07, 6.45) is 2.15. The molecule has 2 N–H and O–H groups in total. The number of nitrogens with one attached hydrogen (secondary N) is 2. The number of benzene rings is 1. The number of methoxy groups -OCH3 is 1. The van der Waals surface area contributed by atoms with Gasteiger partial charge in [-0.05, 0) is 30.5 Å². The highest BCUT2D eigenvalue weighted by molar-refractivity contribution is 9.10. The van der Waals surface area contributed by atoms with Crippen molar-refractivity contribution in [2.45, 2.75) is 32.4 Å². The minimum Gasteiger partial charge on any atom is -0.469 e. The van der Waals surface area contributed by atoms with Crippen molar-refractivity contribution in [3.63, 3.8) is 0 Å². The van der Waals surface area contributed by atoms with E-state index in [0.29, 0.717) is 12.6 Å². The largest absolute Gasteiger partial charge is 0.469 e. The Morgan fingerprint density at radius 1 is 1.35 bits per heavy atom. The molecule has 6 nitrogen and oxygen atoms in total. The Morgan fingerprint density at radius 3 is 2.58 bits per heavy atom. The molecule has 1 fully saturated rings. The van der Waals surface area contributed by atoms with Gasteiger partial charge in [-0.1, -0.05) is 35.0 Å². The number of guanidine groups is 1. The number of hydrogen-bond acceptors (Lipinski definition) is 4. The van der Waals surface area contributed by atoms with Crippen LogP contribution in [0.15, 0.2) is 33.7 Å². The summed E-state index contributed by atoms with van der Waals surface area (Å²) in [7, 11) is 3.16. The minimum absolute atomic E-state index is 0.202. The third-order valence-corrected chi connectivity index (χ3v) is 5.18. The van der Waals surface area contributed by atoms with Gasteiger partial charge in [0.2, 0.25) is 0 Å². The van der Waals surface area contributed by atoms with Crippen LogP contribution in [0.4, 0.5) is 0 Å². The van der Waals surface area contributed by atoms with E-state index >= 15 is 0 Å². The molecule has 7 heteroatoms. The molecule has 1 aliphatic heterocycles. The number of piperidine rings is 1. The van der Waals surface area contributed by atoms with Crippen LogP contribution in [-0.2, 0) is 16.1 Å². The predicted molar refractivity (Wildman–Crippen MR) is 108 cm³/mol. The summed E-state index contributed by atoms with van der Waals surface area (Å²) >= 11 is 3.48. The molecular weight excluding hydrogens is 396 g/mol. The maximum Gasteiger partial charge on any atom is 0.310 e. The molecule has 1 aliphatic rings. The van der Waals surface area contributed by atoms with E-state index in [4.69, 9.17) is 4.74 Å². The summed E-state index contributed by atoms with van der Waals surface area (Å²) in [5.74, 6) is 0.327. The molecule has 1 aromatic carbocycles. The van der Waals surface area contributed by atoms with Gasteiger partial charge in [-0.25, -0.2) is 0 Å². The number of aliphatic imine (C=N–C) groups is 1. The first-order valence-electron chi connectivity index (χ1n) is 9.03. The zero-order valence-corrected chi connectivity index (χ0v) is 17.4. The van der Waals surface area contributed by atoms with Gasteiger partial charge in [-0.3, -0.25) is 14.7 Å². The average Bonchev–Trinajstić information content (AvgIpc) is 2.67. The Hall–Kier alpha value is -1.60. The van der Waals surface area contributed by atoms with Crippen LogP contribution in [0.2, 0.25) is 0 Å². The second kappa shape index (κ2) is 10.5. The lowest BCUT2D eigenvalue weighted by atomic mass is 10.0. The van der Waals surface area contributed by atoms with Crippen molar-refractivity contribution >= 4 is 27.9 Å². The van der Waals surface area contributed by atoms with E-state index in [-0.39, 0.29) is 11.9 Å². The summed E-state index contributed by atoms with van der Waals surface area (Å²) in [6, 6.07) is 8.92. The van der Waals surface area contributed by atoms with Gasteiger partial charge >= 0.3 is 5.97 Å². The van der Waals surface area contributed by atoms with E-state index in [9.17, 15) is 4.79 Å². The summed E-state index contributed by atoms with van der Waals surface area (Å²) in [5.41, 5.74) is 1.34. The van der Waals surface area contributed by atoms with Crippen LogP contribution in [0.3, 0.4) is 0 Å². The van der Waals surface area contributed by atoms with Crippen LogP contribution < -0.4 is 10.6 Å². The number of esters is 1. The van der Waals surface area contributed by atoms with Gasteiger partial charge in [-0.15, -0.1) is 0 Å². The SMILES string of the molecule is CN=C(NCC(C)C(=O)OC)NC1CCN(Cc2ccc(Br)cc2)CC1. The van der Waals surface area contributed by atoms with Crippen molar-refractivity contribution in [3.8, 4) is 0 Å². The molecular formula is C19H29BrN4O2. The molecule has 0 bridgehead atoms. The second-order valence-electron chi connectivity index (χ2n) is 6.70. The lowest BCUT2D eigenvalue weighted by Crippen LogP contribution is -2.49. The summed E-state index contributed by atoms with van der Waals surface area (Å²) < 4.78 is 5.86. The van der Waals surface area contributed by atoms with E-state index in [0.717, 1.165) is 42.9 Å². The Balaban J connectivity index is 1.72. The molecule has 1 atom stereocenters. The number of nitrogens with zero attached hydrogens (tertiary/aromatic N) is 2. The fourth-order valence-corrected chi connectivity index (χ4v) is 3.27. The molecule has 0 aliphatic carbocycles. The molecule has 0 radical (unpaired) electrons. The number of rotatable bonds is 6. The van der Waals surface area contributed by atoms with Crippen molar-refractivity contribution in [1.29, 1.82) is 0 Å². The average molecular weight is 425 g/mol. The molecule has 0 aromatic heterocycles. The highest BCUT2D eigenvalue weighted by Crippen LogP contribution is 2.16. The summed E-state index contributed by atoms with van der Waals surface area (Å²) in [5, 5.41) is 6.67. The van der Waals surface area contributed by atoms with Gasteiger partial charge in [-0.2, -0.15) is 0 Å². The Labute approximate surface area is 164 Å². The maximum absolute atomic E-state index is 11.5. The van der Waals surface area contributed by atoms with Crippen LogP contribution in [0, 0.1) is 5.92 Å². The van der Waals surface area contributed by atoms with Gasteiger partial charge in [0.25, 0.3) is 0 Å². The molecule has 0 amide bonds. The van der Waals surface area contributed by atoms with Crippen molar-refractivity contribution in [3.05, 3.63) is 34.3 Å². The first-order valence-corrected chi connectivity index (χ1v) is 9.83. The van der Waals surface area contributed by atoms with Crippen molar-refractivity contribution in [2.24, 2.45) is 10.9 Å².